The van der Waals surface area contributed by atoms with Crippen molar-refractivity contribution in [3.05, 3.63) is 17.0 Å². The summed E-state index contributed by atoms with van der Waals surface area (Å²) in [5, 5.41) is 0.877. The van der Waals surface area contributed by atoms with Gasteiger partial charge in [-0.2, -0.15) is 4.31 Å². The molecule has 1 unspecified atom stereocenters. The Morgan fingerprint density at radius 3 is 2.88 bits per heavy atom. The second kappa shape index (κ2) is 5.38. The Balaban J connectivity index is 2.21. The lowest BCUT2D eigenvalue weighted by molar-refractivity contribution is 0.286. The quantitative estimate of drug-likeness (QED) is 0.795. The minimum absolute atomic E-state index is 0.444. The zero-order valence-corrected chi connectivity index (χ0v) is 12.9. The summed E-state index contributed by atoms with van der Waals surface area (Å²) in [6, 6.07) is 3.58. The lowest BCUT2D eigenvalue weighted by Gasteiger charge is -2.30. The highest BCUT2D eigenvalue weighted by Crippen LogP contribution is 2.28. The molecule has 1 fully saturated rings. The zero-order valence-electron chi connectivity index (χ0n) is 9.73. The fraction of sp³-hybridized carbons (Fsp3) is 0.636. The van der Waals surface area contributed by atoms with Gasteiger partial charge in [-0.15, -0.1) is 11.3 Å². The van der Waals surface area contributed by atoms with E-state index in [9.17, 15) is 8.42 Å². The zero-order chi connectivity index (χ0) is 12.5. The standard InChI is InChI=1S/C11H16BrNO2S2/c1-9-4-5-11(16-9)17(14,15)13-6-2-3-10(7-12)8-13/h4-5,10H,2-3,6-8H2,1H3. The predicted molar refractivity (Wildman–Crippen MR) is 74.3 cm³/mol. The average Bonchev–Trinajstić information content (AvgIpc) is 2.76. The summed E-state index contributed by atoms with van der Waals surface area (Å²) in [5.74, 6) is 0.444. The van der Waals surface area contributed by atoms with Crippen molar-refractivity contribution in [1.82, 2.24) is 4.31 Å². The summed E-state index contributed by atoms with van der Waals surface area (Å²) >= 11 is 4.80. The summed E-state index contributed by atoms with van der Waals surface area (Å²) in [7, 11) is -3.25. The van der Waals surface area contributed by atoms with Crippen LogP contribution in [0.5, 0.6) is 0 Å². The van der Waals surface area contributed by atoms with Gasteiger partial charge in [-0.25, -0.2) is 8.42 Å². The normalized spacial score (nSPS) is 22.8. The summed E-state index contributed by atoms with van der Waals surface area (Å²) < 4.78 is 26.9. The molecule has 0 radical (unpaired) electrons. The average molecular weight is 338 g/mol. The smallest absolute Gasteiger partial charge is 0.206 e. The summed E-state index contributed by atoms with van der Waals surface area (Å²) in [5.41, 5.74) is 0. The number of aryl methyl sites for hydroxylation is 1. The molecule has 96 valence electrons. The van der Waals surface area contributed by atoms with Crippen LogP contribution >= 0.6 is 27.3 Å². The van der Waals surface area contributed by atoms with Gasteiger partial charge < -0.3 is 0 Å². The number of halogens is 1. The van der Waals surface area contributed by atoms with Crippen molar-refractivity contribution in [3.8, 4) is 0 Å². The monoisotopic (exact) mass is 337 g/mol. The third-order valence-corrected chi connectivity index (χ3v) is 7.26. The van der Waals surface area contributed by atoms with Crippen LogP contribution in [0, 0.1) is 12.8 Å². The summed E-state index contributed by atoms with van der Waals surface area (Å²) in [4.78, 5) is 1.04. The predicted octanol–water partition coefficient (Wildman–Crippen LogP) is 2.85. The van der Waals surface area contributed by atoms with Gasteiger partial charge in [-0.3, -0.25) is 0 Å². The molecular formula is C11H16BrNO2S2. The molecule has 6 heteroatoms. The molecule has 1 aliphatic heterocycles. The van der Waals surface area contributed by atoms with E-state index in [4.69, 9.17) is 0 Å². The van der Waals surface area contributed by atoms with E-state index in [0.717, 1.165) is 23.0 Å². The van der Waals surface area contributed by atoms with Crippen LogP contribution in [-0.2, 0) is 10.0 Å². The van der Waals surface area contributed by atoms with Gasteiger partial charge in [0.1, 0.15) is 4.21 Å². The van der Waals surface area contributed by atoms with Crippen molar-refractivity contribution >= 4 is 37.3 Å². The Hall–Kier alpha value is 0.0900. The summed E-state index contributed by atoms with van der Waals surface area (Å²) in [6.07, 6.45) is 2.07. The molecule has 2 rings (SSSR count). The molecule has 1 saturated heterocycles. The molecule has 0 aromatic carbocycles. The van der Waals surface area contributed by atoms with E-state index in [-0.39, 0.29) is 0 Å². The van der Waals surface area contributed by atoms with Gasteiger partial charge in [0.25, 0.3) is 10.0 Å². The van der Waals surface area contributed by atoms with Crippen LogP contribution in [0.15, 0.2) is 16.3 Å². The van der Waals surface area contributed by atoms with E-state index >= 15 is 0 Å². The number of nitrogens with zero attached hydrogens (tertiary/aromatic N) is 1. The maximum atomic E-state index is 12.4. The molecule has 0 aliphatic carbocycles. The first-order valence-corrected chi connectivity index (χ1v) is 9.04. The van der Waals surface area contributed by atoms with Crippen molar-refractivity contribution < 1.29 is 8.42 Å². The largest absolute Gasteiger partial charge is 0.252 e. The molecule has 3 nitrogen and oxygen atoms in total. The summed E-state index contributed by atoms with van der Waals surface area (Å²) in [6.45, 7) is 3.23. The molecule has 17 heavy (non-hydrogen) atoms. The first-order valence-electron chi connectivity index (χ1n) is 5.66. The second-order valence-corrected chi connectivity index (χ2v) is 8.49. The number of piperidine rings is 1. The maximum absolute atomic E-state index is 12.4. The van der Waals surface area contributed by atoms with Crippen molar-refractivity contribution in [2.45, 2.75) is 24.0 Å². The lowest BCUT2D eigenvalue weighted by Crippen LogP contribution is -2.40. The van der Waals surface area contributed by atoms with Gasteiger partial charge in [0.2, 0.25) is 0 Å². The fourth-order valence-electron chi connectivity index (χ4n) is 2.05. The highest BCUT2D eigenvalue weighted by Gasteiger charge is 2.30. The second-order valence-electron chi connectivity index (χ2n) is 4.39. The number of hydrogen-bond acceptors (Lipinski definition) is 3. The van der Waals surface area contributed by atoms with E-state index < -0.39 is 10.0 Å². The minimum atomic E-state index is -3.25. The maximum Gasteiger partial charge on any atom is 0.252 e. The topological polar surface area (TPSA) is 37.4 Å². The van der Waals surface area contributed by atoms with Gasteiger partial charge >= 0.3 is 0 Å². The Bertz CT molecular complexity index is 483. The number of thiophene rings is 1. The molecular weight excluding hydrogens is 322 g/mol. The van der Waals surface area contributed by atoms with Crippen LogP contribution in [0.3, 0.4) is 0 Å². The van der Waals surface area contributed by atoms with E-state index in [2.05, 4.69) is 15.9 Å². The van der Waals surface area contributed by atoms with E-state index in [0.29, 0.717) is 23.2 Å². The third-order valence-electron chi connectivity index (χ3n) is 3.01. The van der Waals surface area contributed by atoms with Gasteiger partial charge in [0.05, 0.1) is 0 Å². The molecule has 0 bridgehead atoms. The van der Waals surface area contributed by atoms with Crippen LogP contribution in [0.1, 0.15) is 17.7 Å². The molecule has 1 aromatic heterocycles. The Morgan fingerprint density at radius 2 is 2.29 bits per heavy atom. The fourth-order valence-corrected chi connectivity index (χ4v) is 5.57. The van der Waals surface area contributed by atoms with E-state index in [1.54, 1.807) is 10.4 Å². The Morgan fingerprint density at radius 1 is 1.53 bits per heavy atom. The SMILES string of the molecule is Cc1ccc(S(=O)(=O)N2CCCC(CBr)C2)s1. The Labute approximate surface area is 115 Å². The van der Waals surface area contributed by atoms with Crippen molar-refractivity contribution in [1.29, 1.82) is 0 Å². The number of rotatable bonds is 3. The highest BCUT2D eigenvalue weighted by molar-refractivity contribution is 9.09. The number of sulfonamides is 1. The van der Waals surface area contributed by atoms with Gasteiger partial charge in [-0.05, 0) is 37.8 Å². The first-order chi connectivity index (χ1) is 8.04. The minimum Gasteiger partial charge on any atom is -0.206 e. The van der Waals surface area contributed by atoms with Crippen molar-refractivity contribution in [2.75, 3.05) is 18.4 Å². The van der Waals surface area contributed by atoms with Gasteiger partial charge in [0, 0.05) is 23.3 Å². The molecule has 0 N–H and O–H groups in total. The molecule has 1 aliphatic rings. The molecule has 1 atom stereocenters. The van der Waals surface area contributed by atoms with E-state index in [1.165, 1.54) is 11.3 Å². The number of alkyl halides is 1. The van der Waals surface area contributed by atoms with E-state index in [1.807, 2.05) is 13.0 Å². The Kier molecular flexibility index (Phi) is 4.28. The molecule has 0 saturated carbocycles. The van der Waals surface area contributed by atoms with Crippen LogP contribution < -0.4 is 0 Å². The van der Waals surface area contributed by atoms with Crippen LogP contribution in [0.2, 0.25) is 0 Å². The van der Waals surface area contributed by atoms with Gasteiger partial charge in [0.15, 0.2) is 0 Å². The molecule has 2 heterocycles. The lowest BCUT2D eigenvalue weighted by atomic mass is 10.0. The molecule has 1 aromatic rings. The first kappa shape index (κ1) is 13.5. The number of hydrogen-bond donors (Lipinski definition) is 0. The van der Waals surface area contributed by atoms with Crippen LogP contribution in [-0.4, -0.2) is 31.1 Å². The molecule has 0 amide bonds. The molecule has 0 spiro atoms. The van der Waals surface area contributed by atoms with Crippen molar-refractivity contribution in [3.63, 3.8) is 0 Å². The highest BCUT2D eigenvalue weighted by atomic mass is 79.9. The van der Waals surface area contributed by atoms with Gasteiger partial charge in [-0.1, -0.05) is 15.9 Å². The van der Waals surface area contributed by atoms with Crippen LogP contribution in [0.25, 0.3) is 0 Å². The van der Waals surface area contributed by atoms with Crippen molar-refractivity contribution in [2.24, 2.45) is 5.92 Å². The van der Waals surface area contributed by atoms with Crippen LogP contribution in [0.4, 0.5) is 0 Å². The third kappa shape index (κ3) is 2.92.